The van der Waals surface area contributed by atoms with Gasteiger partial charge in [-0.3, -0.25) is 4.79 Å². The highest BCUT2D eigenvalue weighted by atomic mass is 16.5. The van der Waals surface area contributed by atoms with E-state index in [9.17, 15) is 9.59 Å². The van der Waals surface area contributed by atoms with Gasteiger partial charge >= 0.3 is 6.03 Å². The monoisotopic (exact) mass is 484 g/mol. The largest absolute Gasteiger partial charge is 0.497 e. The Labute approximate surface area is 208 Å². The molecule has 0 spiro atoms. The van der Waals surface area contributed by atoms with Crippen molar-refractivity contribution in [1.82, 2.24) is 14.5 Å². The second-order valence-corrected chi connectivity index (χ2v) is 9.02. The van der Waals surface area contributed by atoms with E-state index in [1.807, 2.05) is 19.2 Å². The zero-order chi connectivity index (χ0) is 25.2. The number of nitrogen functional groups attached to an aromatic ring is 1. The zero-order valence-electron chi connectivity index (χ0n) is 20.2. The third-order valence-electron chi connectivity index (χ3n) is 6.67. The SMILES string of the molecule is COc1ccc(NC(=O)Nc2cccc(C(=O)c3cn(C4CCCC4)c4ncnc(N)c34)c2)c(C)c1. The quantitative estimate of drug-likeness (QED) is 0.318. The number of ether oxygens (including phenoxy) is 1. The van der Waals surface area contributed by atoms with Crippen molar-refractivity contribution in [2.75, 3.05) is 23.5 Å². The number of fused-ring (bicyclic) bond motifs is 1. The van der Waals surface area contributed by atoms with Crippen LogP contribution < -0.4 is 21.1 Å². The van der Waals surface area contributed by atoms with E-state index in [0.717, 1.165) is 31.2 Å². The van der Waals surface area contributed by atoms with Crippen LogP contribution in [-0.4, -0.2) is 33.5 Å². The van der Waals surface area contributed by atoms with Gasteiger partial charge in [-0.25, -0.2) is 14.8 Å². The average molecular weight is 485 g/mol. The van der Waals surface area contributed by atoms with Gasteiger partial charge in [0.15, 0.2) is 5.78 Å². The molecule has 4 aromatic rings. The number of anilines is 3. The maximum atomic E-state index is 13.6. The minimum Gasteiger partial charge on any atom is -0.497 e. The Balaban J connectivity index is 1.40. The van der Waals surface area contributed by atoms with Crippen molar-refractivity contribution in [2.45, 2.75) is 38.6 Å². The van der Waals surface area contributed by atoms with Gasteiger partial charge < -0.3 is 25.7 Å². The van der Waals surface area contributed by atoms with E-state index in [4.69, 9.17) is 10.5 Å². The van der Waals surface area contributed by atoms with E-state index in [0.29, 0.717) is 45.3 Å². The van der Waals surface area contributed by atoms with Crippen LogP contribution in [0.5, 0.6) is 5.75 Å². The summed E-state index contributed by atoms with van der Waals surface area (Å²) in [7, 11) is 1.59. The number of aryl methyl sites for hydroxylation is 1. The molecule has 0 unspecified atom stereocenters. The lowest BCUT2D eigenvalue weighted by atomic mass is 10.0. The number of amides is 2. The minimum absolute atomic E-state index is 0.201. The predicted molar refractivity (Wildman–Crippen MR) is 140 cm³/mol. The Morgan fingerprint density at radius 3 is 2.64 bits per heavy atom. The first kappa shape index (κ1) is 23.3. The van der Waals surface area contributed by atoms with Crippen molar-refractivity contribution < 1.29 is 14.3 Å². The highest BCUT2D eigenvalue weighted by molar-refractivity contribution is 6.18. The number of hydrogen-bond acceptors (Lipinski definition) is 6. The summed E-state index contributed by atoms with van der Waals surface area (Å²) in [5, 5.41) is 6.20. The van der Waals surface area contributed by atoms with Crippen molar-refractivity contribution in [3.8, 4) is 5.75 Å². The smallest absolute Gasteiger partial charge is 0.323 e. The van der Waals surface area contributed by atoms with Crippen LogP contribution in [0.15, 0.2) is 55.0 Å². The fraction of sp³-hybridized carbons (Fsp3) is 0.259. The summed E-state index contributed by atoms with van der Waals surface area (Å²) in [6.07, 6.45) is 7.69. The van der Waals surface area contributed by atoms with Crippen LogP contribution in [0.4, 0.5) is 22.0 Å². The van der Waals surface area contributed by atoms with Gasteiger partial charge in [-0.2, -0.15) is 0 Å². The number of nitrogens with zero attached hydrogens (tertiary/aromatic N) is 3. The molecule has 2 amide bonds. The summed E-state index contributed by atoms with van der Waals surface area (Å²) in [4.78, 5) is 34.8. The van der Waals surface area contributed by atoms with Gasteiger partial charge in [0.1, 0.15) is 23.5 Å². The maximum absolute atomic E-state index is 13.6. The molecule has 5 rings (SSSR count). The number of carbonyl (C=O) groups is 2. The first-order chi connectivity index (χ1) is 17.4. The number of urea groups is 1. The van der Waals surface area contributed by atoms with Gasteiger partial charge in [0, 0.05) is 29.2 Å². The number of aromatic nitrogens is 3. The van der Waals surface area contributed by atoms with Gasteiger partial charge in [0.05, 0.1) is 18.1 Å². The van der Waals surface area contributed by atoms with E-state index in [-0.39, 0.29) is 11.6 Å². The third kappa shape index (κ3) is 4.47. The number of rotatable bonds is 6. The average Bonchev–Trinajstić information content (AvgIpc) is 3.54. The van der Waals surface area contributed by atoms with Crippen LogP contribution in [0.25, 0.3) is 11.0 Å². The Bertz CT molecular complexity index is 1460. The van der Waals surface area contributed by atoms with Gasteiger partial charge in [0.25, 0.3) is 0 Å². The molecule has 9 nitrogen and oxygen atoms in total. The molecule has 0 atom stereocenters. The van der Waals surface area contributed by atoms with Crippen LogP contribution in [0.1, 0.15) is 53.2 Å². The number of nitrogens with one attached hydrogen (secondary N) is 2. The molecule has 1 saturated carbocycles. The molecule has 0 saturated heterocycles. The molecule has 9 heteroatoms. The zero-order valence-corrected chi connectivity index (χ0v) is 20.2. The van der Waals surface area contributed by atoms with Crippen LogP contribution >= 0.6 is 0 Å². The Morgan fingerprint density at radius 1 is 1.08 bits per heavy atom. The molecule has 0 bridgehead atoms. The van der Waals surface area contributed by atoms with Crippen molar-refractivity contribution >= 4 is 40.0 Å². The molecule has 4 N–H and O–H groups in total. The lowest BCUT2D eigenvalue weighted by Crippen LogP contribution is -2.20. The van der Waals surface area contributed by atoms with Crippen molar-refractivity contribution in [1.29, 1.82) is 0 Å². The Hall–Kier alpha value is -4.40. The topological polar surface area (TPSA) is 124 Å². The molecular weight excluding hydrogens is 456 g/mol. The van der Waals surface area contributed by atoms with Crippen LogP contribution in [0.3, 0.4) is 0 Å². The molecule has 184 valence electrons. The van der Waals surface area contributed by atoms with Crippen LogP contribution in [0, 0.1) is 6.92 Å². The summed E-state index contributed by atoms with van der Waals surface area (Å²) in [6, 6.07) is 12.1. The van der Waals surface area contributed by atoms with Crippen molar-refractivity contribution in [3.63, 3.8) is 0 Å². The molecule has 1 aliphatic rings. The summed E-state index contributed by atoms with van der Waals surface area (Å²) in [5.41, 5.74) is 9.80. The first-order valence-electron chi connectivity index (χ1n) is 11.9. The third-order valence-corrected chi connectivity index (χ3v) is 6.67. The van der Waals surface area contributed by atoms with E-state index in [1.165, 1.54) is 6.33 Å². The van der Waals surface area contributed by atoms with Gasteiger partial charge in [-0.15, -0.1) is 0 Å². The summed E-state index contributed by atoms with van der Waals surface area (Å²) >= 11 is 0. The van der Waals surface area contributed by atoms with Gasteiger partial charge in [-0.1, -0.05) is 25.0 Å². The highest BCUT2D eigenvalue weighted by Gasteiger charge is 2.25. The molecule has 1 fully saturated rings. The van der Waals surface area contributed by atoms with Gasteiger partial charge in [-0.05, 0) is 55.7 Å². The molecular formula is C27H28N6O3. The molecule has 1 aliphatic carbocycles. The van der Waals surface area contributed by atoms with Crippen molar-refractivity contribution in [2.24, 2.45) is 0 Å². The number of carbonyl (C=O) groups excluding carboxylic acids is 2. The molecule has 36 heavy (non-hydrogen) atoms. The van der Waals surface area contributed by atoms with E-state index >= 15 is 0 Å². The second kappa shape index (κ2) is 9.69. The second-order valence-electron chi connectivity index (χ2n) is 9.02. The van der Waals surface area contributed by atoms with E-state index in [1.54, 1.807) is 43.5 Å². The summed E-state index contributed by atoms with van der Waals surface area (Å²) in [5.74, 6) is 0.793. The molecule has 0 aliphatic heterocycles. The summed E-state index contributed by atoms with van der Waals surface area (Å²) < 4.78 is 7.28. The summed E-state index contributed by atoms with van der Waals surface area (Å²) in [6.45, 7) is 1.88. The predicted octanol–water partition coefficient (Wildman–Crippen LogP) is 5.32. The number of ketones is 1. The van der Waals surface area contributed by atoms with Crippen molar-refractivity contribution in [3.05, 3.63) is 71.7 Å². The Morgan fingerprint density at radius 2 is 1.89 bits per heavy atom. The number of nitrogens with two attached hydrogens (primary N) is 1. The number of methoxy groups -OCH3 is 1. The van der Waals surface area contributed by atoms with Crippen LogP contribution in [0.2, 0.25) is 0 Å². The van der Waals surface area contributed by atoms with Crippen LogP contribution in [-0.2, 0) is 0 Å². The maximum Gasteiger partial charge on any atom is 0.323 e. The minimum atomic E-state index is -0.414. The standard InChI is InChI=1S/C27H28N6O3/c1-16-12-20(36-2)10-11-22(16)32-27(35)31-18-7-5-6-17(13-18)24(34)21-14-33(19-8-3-4-9-19)26-23(21)25(28)29-15-30-26/h5-7,10-15,19H,3-4,8-9H2,1-2H3,(H2,28,29,30)(H2,31,32,35). The fourth-order valence-electron chi connectivity index (χ4n) is 4.82. The number of hydrogen-bond donors (Lipinski definition) is 3. The lowest BCUT2D eigenvalue weighted by molar-refractivity contribution is 0.104. The number of benzene rings is 2. The molecule has 2 aromatic carbocycles. The first-order valence-corrected chi connectivity index (χ1v) is 11.9. The molecule has 2 heterocycles. The lowest BCUT2D eigenvalue weighted by Gasteiger charge is -2.12. The van der Waals surface area contributed by atoms with E-state index < -0.39 is 6.03 Å². The van der Waals surface area contributed by atoms with E-state index in [2.05, 4.69) is 25.2 Å². The molecule has 2 aromatic heterocycles. The highest BCUT2D eigenvalue weighted by Crippen LogP contribution is 2.35. The normalized spacial score (nSPS) is 13.6. The Kier molecular flexibility index (Phi) is 6.28. The van der Waals surface area contributed by atoms with Gasteiger partial charge in [0.2, 0.25) is 0 Å². The molecule has 0 radical (unpaired) electrons. The fourth-order valence-corrected chi connectivity index (χ4v) is 4.82.